The van der Waals surface area contributed by atoms with Crippen LogP contribution in [0.5, 0.6) is 0 Å². The predicted molar refractivity (Wildman–Crippen MR) is 57.0 cm³/mol. The normalized spacial score (nSPS) is 14.9. The molecule has 2 atom stereocenters. The molecular formula is C10H22N2O2. The van der Waals surface area contributed by atoms with E-state index in [9.17, 15) is 4.79 Å². The summed E-state index contributed by atoms with van der Waals surface area (Å²) in [4.78, 5) is 11.4. The summed E-state index contributed by atoms with van der Waals surface area (Å²) < 4.78 is 4.92. The summed E-state index contributed by atoms with van der Waals surface area (Å²) in [5, 5.41) is 2.86. The van der Waals surface area contributed by atoms with Crippen molar-refractivity contribution in [2.24, 2.45) is 5.73 Å². The lowest BCUT2D eigenvalue weighted by molar-refractivity contribution is -0.123. The summed E-state index contributed by atoms with van der Waals surface area (Å²) in [6.07, 6.45) is 2.49. The molecule has 3 N–H and O–H groups in total. The number of rotatable bonds is 7. The van der Waals surface area contributed by atoms with E-state index in [1.54, 1.807) is 7.11 Å². The molecule has 0 spiro atoms. The lowest BCUT2D eigenvalue weighted by Gasteiger charge is -2.16. The van der Waals surface area contributed by atoms with Crippen LogP contribution in [0.2, 0.25) is 0 Å². The smallest absolute Gasteiger partial charge is 0.237 e. The van der Waals surface area contributed by atoms with Gasteiger partial charge in [0, 0.05) is 19.8 Å². The van der Waals surface area contributed by atoms with Crippen LogP contribution in [-0.2, 0) is 9.53 Å². The largest absolute Gasteiger partial charge is 0.385 e. The first kappa shape index (κ1) is 13.4. The second-order valence-electron chi connectivity index (χ2n) is 3.59. The van der Waals surface area contributed by atoms with Crippen LogP contribution in [0.1, 0.15) is 33.1 Å². The summed E-state index contributed by atoms with van der Waals surface area (Å²) in [7, 11) is 1.65. The third-order valence-corrected chi connectivity index (χ3v) is 2.08. The Labute approximate surface area is 86.2 Å². The molecule has 0 aromatic carbocycles. The zero-order valence-corrected chi connectivity index (χ0v) is 9.38. The highest BCUT2D eigenvalue weighted by atomic mass is 16.5. The van der Waals surface area contributed by atoms with Gasteiger partial charge in [0.1, 0.15) is 0 Å². The van der Waals surface area contributed by atoms with Crippen LogP contribution in [0.4, 0.5) is 0 Å². The number of nitrogens with two attached hydrogens (primary N) is 1. The quantitative estimate of drug-likeness (QED) is 0.637. The van der Waals surface area contributed by atoms with Crippen LogP contribution >= 0.6 is 0 Å². The van der Waals surface area contributed by atoms with Gasteiger partial charge in [-0.15, -0.1) is 0 Å². The number of methoxy groups -OCH3 is 1. The van der Waals surface area contributed by atoms with E-state index in [4.69, 9.17) is 10.5 Å². The van der Waals surface area contributed by atoms with Crippen molar-refractivity contribution >= 4 is 5.91 Å². The first-order valence-corrected chi connectivity index (χ1v) is 5.16. The van der Waals surface area contributed by atoms with Crippen LogP contribution in [0, 0.1) is 0 Å². The highest BCUT2D eigenvalue weighted by Gasteiger charge is 2.14. The molecule has 0 fully saturated rings. The van der Waals surface area contributed by atoms with Gasteiger partial charge in [-0.1, -0.05) is 13.3 Å². The molecule has 0 aliphatic heterocycles. The van der Waals surface area contributed by atoms with E-state index in [1.165, 1.54) is 0 Å². The van der Waals surface area contributed by atoms with Crippen molar-refractivity contribution in [1.29, 1.82) is 0 Å². The average molecular weight is 202 g/mol. The van der Waals surface area contributed by atoms with Crippen molar-refractivity contribution in [3.05, 3.63) is 0 Å². The summed E-state index contributed by atoms with van der Waals surface area (Å²) in [5.41, 5.74) is 5.66. The molecule has 0 saturated carbocycles. The van der Waals surface area contributed by atoms with E-state index in [0.29, 0.717) is 6.61 Å². The summed E-state index contributed by atoms with van der Waals surface area (Å²) in [5.74, 6) is -0.0598. The summed E-state index contributed by atoms with van der Waals surface area (Å²) in [6.45, 7) is 4.63. The van der Waals surface area contributed by atoms with Gasteiger partial charge in [-0.3, -0.25) is 4.79 Å². The van der Waals surface area contributed by atoms with Gasteiger partial charge in [0.25, 0.3) is 0 Å². The molecular weight excluding hydrogens is 180 g/mol. The molecule has 0 aromatic heterocycles. The number of nitrogens with one attached hydrogen (secondary N) is 1. The van der Waals surface area contributed by atoms with Gasteiger partial charge in [-0.05, 0) is 19.8 Å². The van der Waals surface area contributed by atoms with E-state index in [-0.39, 0.29) is 18.0 Å². The van der Waals surface area contributed by atoms with Crippen LogP contribution in [0.15, 0.2) is 0 Å². The van der Waals surface area contributed by atoms with Crippen molar-refractivity contribution in [2.75, 3.05) is 13.7 Å². The van der Waals surface area contributed by atoms with Gasteiger partial charge in [-0.25, -0.2) is 0 Å². The minimum Gasteiger partial charge on any atom is -0.385 e. The second-order valence-corrected chi connectivity index (χ2v) is 3.59. The molecule has 0 saturated heterocycles. The molecule has 0 rings (SSSR count). The third-order valence-electron chi connectivity index (χ3n) is 2.08. The molecule has 0 aromatic rings. The molecule has 2 unspecified atom stereocenters. The van der Waals surface area contributed by atoms with Crippen molar-refractivity contribution in [2.45, 2.75) is 45.2 Å². The van der Waals surface area contributed by atoms with E-state index in [1.807, 2.05) is 13.8 Å². The van der Waals surface area contributed by atoms with Crippen molar-refractivity contribution in [1.82, 2.24) is 5.32 Å². The Hall–Kier alpha value is -0.610. The first-order valence-electron chi connectivity index (χ1n) is 5.16. The maximum absolute atomic E-state index is 11.4. The van der Waals surface area contributed by atoms with Gasteiger partial charge >= 0.3 is 0 Å². The van der Waals surface area contributed by atoms with Gasteiger partial charge < -0.3 is 15.8 Å². The van der Waals surface area contributed by atoms with Gasteiger partial charge in [-0.2, -0.15) is 0 Å². The maximum Gasteiger partial charge on any atom is 0.237 e. The summed E-state index contributed by atoms with van der Waals surface area (Å²) >= 11 is 0. The second kappa shape index (κ2) is 7.76. The molecule has 0 radical (unpaired) electrons. The topological polar surface area (TPSA) is 64.4 Å². The lowest BCUT2D eigenvalue weighted by Crippen LogP contribution is -2.44. The zero-order valence-electron chi connectivity index (χ0n) is 9.38. The Morgan fingerprint density at radius 3 is 2.64 bits per heavy atom. The molecule has 0 aliphatic carbocycles. The summed E-state index contributed by atoms with van der Waals surface area (Å²) in [6, 6.07) is -0.240. The minimum absolute atomic E-state index is 0.0598. The van der Waals surface area contributed by atoms with Crippen LogP contribution in [0.25, 0.3) is 0 Å². The number of carbonyl (C=O) groups excluding carboxylic acids is 1. The highest BCUT2D eigenvalue weighted by Crippen LogP contribution is 1.96. The molecule has 0 heterocycles. The lowest BCUT2D eigenvalue weighted by atomic mass is 10.1. The number of carbonyl (C=O) groups is 1. The number of ether oxygens (including phenoxy) is 1. The molecule has 84 valence electrons. The minimum atomic E-state index is -0.370. The Morgan fingerprint density at radius 2 is 2.14 bits per heavy atom. The fraction of sp³-hybridized carbons (Fsp3) is 0.900. The average Bonchev–Trinajstić information content (AvgIpc) is 2.15. The first-order chi connectivity index (χ1) is 6.61. The predicted octanol–water partition coefficient (Wildman–Crippen LogP) is 0.655. The van der Waals surface area contributed by atoms with Gasteiger partial charge in [0.2, 0.25) is 5.91 Å². The molecule has 4 heteroatoms. The van der Waals surface area contributed by atoms with Crippen LogP contribution in [-0.4, -0.2) is 31.7 Å². The molecule has 0 bridgehead atoms. The SMILES string of the molecule is CCCC(N)C(=O)NC(C)CCOC. The fourth-order valence-corrected chi connectivity index (χ4v) is 1.16. The Balaban J connectivity index is 3.69. The zero-order chi connectivity index (χ0) is 11.0. The van der Waals surface area contributed by atoms with E-state index < -0.39 is 0 Å². The fourth-order valence-electron chi connectivity index (χ4n) is 1.16. The Bertz CT molecular complexity index is 162. The standard InChI is InChI=1S/C10H22N2O2/c1-4-5-9(11)10(13)12-8(2)6-7-14-3/h8-9H,4-7,11H2,1-3H3,(H,12,13). The van der Waals surface area contributed by atoms with E-state index >= 15 is 0 Å². The van der Waals surface area contributed by atoms with Crippen molar-refractivity contribution < 1.29 is 9.53 Å². The number of hydrogen-bond donors (Lipinski definition) is 2. The van der Waals surface area contributed by atoms with E-state index in [2.05, 4.69) is 5.32 Å². The third kappa shape index (κ3) is 5.94. The van der Waals surface area contributed by atoms with Gasteiger partial charge in [0.15, 0.2) is 0 Å². The molecule has 4 nitrogen and oxygen atoms in total. The molecule has 14 heavy (non-hydrogen) atoms. The Kier molecular flexibility index (Phi) is 7.42. The maximum atomic E-state index is 11.4. The van der Waals surface area contributed by atoms with Crippen LogP contribution < -0.4 is 11.1 Å². The molecule has 0 aliphatic rings. The van der Waals surface area contributed by atoms with E-state index in [0.717, 1.165) is 19.3 Å². The van der Waals surface area contributed by atoms with Crippen molar-refractivity contribution in [3.8, 4) is 0 Å². The number of amides is 1. The highest BCUT2D eigenvalue weighted by molar-refractivity contribution is 5.81. The number of hydrogen-bond acceptors (Lipinski definition) is 3. The van der Waals surface area contributed by atoms with Crippen molar-refractivity contribution in [3.63, 3.8) is 0 Å². The molecule has 1 amide bonds. The van der Waals surface area contributed by atoms with Crippen LogP contribution in [0.3, 0.4) is 0 Å². The van der Waals surface area contributed by atoms with Gasteiger partial charge in [0.05, 0.1) is 6.04 Å². The Morgan fingerprint density at radius 1 is 1.50 bits per heavy atom. The monoisotopic (exact) mass is 202 g/mol.